The molecule has 0 bridgehead atoms. The molecule has 2 aromatic carbocycles. The number of furan rings is 1. The maximum Gasteiger partial charge on any atom is 0.335 e. The van der Waals surface area contributed by atoms with E-state index in [2.05, 4.69) is 5.32 Å². The molecule has 10 nitrogen and oxygen atoms in total. The van der Waals surface area contributed by atoms with Gasteiger partial charge in [-0.05, 0) is 42.0 Å². The van der Waals surface area contributed by atoms with Crippen LogP contribution in [0.25, 0.3) is 17.4 Å². The molecule has 0 saturated carbocycles. The molecule has 0 aliphatic carbocycles. The normalized spacial score (nSPS) is 16.3. The second kappa shape index (κ2) is 7.68. The van der Waals surface area contributed by atoms with Crippen molar-refractivity contribution in [2.45, 2.75) is 0 Å². The lowest BCUT2D eigenvalue weighted by Gasteiger charge is -2.26. The van der Waals surface area contributed by atoms with Crippen LogP contribution in [-0.4, -0.2) is 30.6 Å². The van der Waals surface area contributed by atoms with Crippen LogP contribution in [0, 0.1) is 0 Å². The van der Waals surface area contributed by atoms with Gasteiger partial charge in [-0.25, -0.2) is 9.69 Å². The zero-order valence-electron chi connectivity index (χ0n) is 16.7. The predicted octanol–water partition coefficient (Wildman–Crippen LogP) is 1.71. The molecular weight excluding hydrogens is 432 g/mol. The Morgan fingerprint density at radius 2 is 1.82 bits per heavy atom. The summed E-state index contributed by atoms with van der Waals surface area (Å²) in [7, 11) is 0. The van der Waals surface area contributed by atoms with Gasteiger partial charge in [0, 0.05) is 11.6 Å². The molecule has 10 heteroatoms. The molecule has 3 aromatic rings. The second-order valence-corrected chi connectivity index (χ2v) is 7.07. The quantitative estimate of drug-likeness (QED) is 0.473. The lowest BCUT2D eigenvalue weighted by Crippen LogP contribution is -2.54. The molecule has 2 aliphatic heterocycles. The van der Waals surface area contributed by atoms with Crippen LogP contribution >= 0.6 is 0 Å². The highest BCUT2D eigenvalue weighted by atomic mass is 16.7. The van der Waals surface area contributed by atoms with Gasteiger partial charge in [-0.3, -0.25) is 14.9 Å². The van der Waals surface area contributed by atoms with Gasteiger partial charge in [0.15, 0.2) is 11.5 Å². The average molecular weight is 445 g/mol. The number of hydrogen-bond donors (Lipinski definition) is 1. The van der Waals surface area contributed by atoms with Crippen LogP contribution < -0.4 is 24.8 Å². The lowest BCUT2D eigenvalue weighted by atomic mass is 10.1. The zero-order valence-corrected chi connectivity index (χ0v) is 16.7. The standard InChI is InChI=1S/C23H14N2O8/c26-20-16(10-15-5-7-17(33-15)12-2-1-3-13(8-12)22(28)29)21(27)25(23(30)24-20)14-4-6-18-19(9-14)32-11-31-18/h1-10H,11H2,(H,28,29)(H,24,26,30)/p-1/b16-10+. The number of barbiturate groups is 1. The fourth-order valence-electron chi connectivity index (χ4n) is 3.44. The monoisotopic (exact) mass is 445 g/mol. The number of nitrogens with zero attached hydrogens (tertiary/aromatic N) is 1. The number of benzene rings is 2. The number of hydrogen-bond acceptors (Lipinski definition) is 8. The van der Waals surface area contributed by atoms with E-state index in [0.717, 1.165) is 4.90 Å². The number of aromatic carboxylic acids is 1. The van der Waals surface area contributed by atoms with Crippen molar-refractivity contribution in [1.82, 2.24) is 5.32 Å². The van der Waals surface area contributed by atoms with E-state index in [1.807, 2.05) is 0 Å². The second-order valence-electron chi connectivity index (χ2n) is 7.07. The maximum absolute atomic E-state index is 13.0. The van der Waals surface area contributed by atoms with E-state index in [4.69, 9.17) is 13.9 Å². The largest absolute Gasteiger partial charge is 0.545 e. The number of anilines is 1. The molecule has 0 spiro atoms. The van der Waals surface area contributed by atoms with Gasteiger partial charge in [0.1, 0.15) is 17.1 Å². The molecule has 1 saturated heterocycles. The van der Waals surface area contributed by atoms with Crippen molar-refractivity contribution in [2.24, 2.45) is 0 Å². The number of rotatable bonds is 4. The highest BCUT2D eigenvalue weighted by Crippen LogP contribution is 2.36. The molecule has 5 rings (SSSR count). The van der Waals surface area contributed by atoms with E-state index in [0.29, 0.717) is 22.8 Å². The number of ether oxygens (including phenoxy) is 2. The molecule has 1 fully saturated rings. The van der Waals surface area contributed by atoms with Gasteiger partial charge in [-0.2, -0.15) is 0 Å². The van der Waals surface area contributed by atoms with Crippen molar-refractivity contribution >= 4 is 35.6 Å². The first-order valence-corrected chi connectivity index (χ1v) is 9.63. The fraction of sp³-hybridized carbons (Fsp3) is 0.0435. The minimum absolute atomic E-state index is 0.0231. The van der Waals surface area contributed by atoms with Gasteiger partial charge in [0.2, 0.25) is 6.79 Å². The SMILES string of the molecule is O=C1NC(=O)N(c2ccc3c(c2)OCO3)C(=O)/C1=C/c1ccc(-c2cccc(C(=O)[O-])c2)o1. The first-order chi connectivity index (χ1) is 15.9. The highest BCUT2D eigenvalue weighted by molar-refractivity contribution is 6.39. The van der Waals surface area contributed by atoms with Gasteiger partial charge in [0.25, 0.3) is 11.8 Å². The number of carbonyl (C=O) groups is 4. The third kappa shape index (κ3) is 3.59. The topological polar surface area (TPSA) is 138 Å². The van der Waals surface area contributed by atoms with Crippen LogP contribution in [0.15, 0.2) is 64.6 Å². The summed E-state index contributed by atoms with van der Waals surface area (Å²) in [4.78, 5) is 49.7. The van der Waals surface area contributed by atoms with E-state index < -0.39 is 23.8 Å². The van der Waals surface area contributed by atoms with Crippen molar-refractivity contribution in [1.29, 1.82) is 0 Å². The lowest BCUT2D eigenvalue weighted by molar-refractivity contribution is -0.255. The molecule has 1 N–H and O–H groups in total. The number of imide groups is 2. The summed E-state index contributed by atoms with van der Waals surface area (Å²) in [5.41, 5.74) is 0.317. The highest BCUT2D eigenvalue weighted by Gasteiger charge is 2.37. The minimum Gasteiger partial charge on any atom is -0.545 e. The number of urea groups is 1. The molecule has 0 radical (unpaired) electrons. The smallest absolute Gasteiger partial charge is 0.335 e. The van der Waals surface area contributed by atoms with Gasteiger partial charge in [-0.1, -0.05) is 18.2 Å². The molecule has 1 aromatic heterocycles. The van der Waals surface area contributed by atoms with E-state index in [1.54, 1.807) is 18.2 Å². The maximum atomic E-state index is 13.0. The Kier molecular flexibility index (Phi) is 4.67. The third-order valence-corrected chi connectivity index (χ3v) is 5.01. The van der Waals surface area contributed by atoms with Gasteiger partial charge in [-0.15, -0.1) is 0 Å². The molecule has 0 atom stereocenters. The Bertz CT molecular complexity index is 1370. The Morgan fingerprint density at radius 1 is 1.00 bits per heavy atom. The molecule has 0 unspecified atom stereocenters. The Balaban J connectivity index is 1.46. The first kappa shape index (κ1) is 20.1. The number of amides is 4. The van der Waals surface area contributed by atoms with Crippen LogP contribution in [-0.2, 0) is 9.59 Å². The number of carboxylic acids is 1. The predicted molar refractivity (Wildman–Crippen MR) is 110 cm³/mol. The molecule has 2 aliphatic rings. The van der Waals surface area contributed by atoms with Crippen molar-refractivity contribution in [2.75, 3.05) is 11.7 Å². The number of carboxylic acid groups (broad SMARTS) is 1. The Labute approximate surface area is 185 Å². The van der Waals surface area contributed by atoms with Crippen LogP contribution in [0.1, 0.15) is 16.1 Å². The van der Waals surface area contributed by atoms with E-state index in [1.165, 1.54) is 42.5 Å². The van der Waals surface area contributed by atoms with Crippen molar-refractivity contribution in [3.8, 4) is 22.8 Å². The van der Waals surface area contributed by atoms with Crippen molar-refractivity contribution in [3.63, 3.8) is 0 Å². The molecule has 164 valence electrons. The van der Waals surface area contributed by atoms with Crippen LogP contribution in [0.2, 0.25) is 0 Å². The molecule has 3 heterocycles. The van der Waals surface area contributed by atoms with E-state index in [-0.39, 0.29) is 29.4 Å². The number of fused-ring (bicyclic) bond motifs is 1. The zero-order chi connectivity index (χ0) is 23.1. The summed E-state index contributed by atoms with van der Waals surface area (Å²) in [6, 6.07) is 12.6. The van der Waals surface area contributed by atoms with E-state index in [9.17, 15) is 24.3 Å². The molecule has 33 heavy (non-hydrogen) atoms. The summed E-state index contributed by atoms with van der Waals surface area (Å²) < 4.78 is 16.2. The summed E-state index contributed by atoms with van der Waals surface area (Å²) in [6.45, 7) is 0.0231. The first-order valence-electron chi connectivity index (χ1n) is 9.63. The van der Waals surface area contributed by atoms with E-state index >= 15 is 0 Å². The summed E-state index contributed by atoms with van der Waals surface area (Å²) in [5, 5.41) is 13.2. The van der Waals surface area contributed by atoms with Gasteiger partial charge in [0.05, 0.1) is 11.7 Å². The summed E-state index contributed by atoms with van der Waals surface area (Å²) in [6.07, 6.45) is 1.20. The van der Waals surface area contributed by atoms with Crippen LogP contribution in [0.5, 0.6) is 11.5 Å². The number of nitrogens with one attached hydrogen (secondary N) is 1. The van der Waals surface area contributed by atoms with Crippen molar-refractivity contribution < 1.29 is 38.2 Å². The Hall–Kier alpha value is -4.86. The molecular formula is C23H13N2O8-. The van der Waals surface area contributed by atoms with Crippen LogP contribution in [0.4, 0.5) is 10.5 Å². The van der Waals surface area contributed by atoms with Crippen LogP contribution in [0.3, 0.4) is 0 Å². The number of carbonyl (C=O) groups excluding carboxylic acids is 4. The summed E-state index contributed by atoms with van der Waals surface area (Å²) in [5.74, 6) is -1.74. The fourth-order valence-corrected chi connectivity index (χ4v) is 3.44. The summed E-state index contributed by atoms with van der Waals surface area (Å²) >= 11 is 0. The third-order valence-electron chi connectivity index (χ3n) is 5.01. The van der Waals surface area contributed by atoms with Gasteiger partial charge < -0.3 is 23.8 Å². The van der Waals surface area contributed by atoms with Crippen molar-refractivity contribution in [3.05, 3.63) is 71.5 Å². The Morgan fingerprint density at radius 3 is 2.64 bits per heavy atom. The molecule has 4 amide bonds. The average Bonchev–Trinajstić information content (AvgIpc) is 3.46. The van der Waals surface area contributed by atoms with Gasteiger partial charge >= 0.3 is 6.03 Å². The minimum atomic E-state index is -1.33.